The number of H-pyrrole nitrogens is 1. The summed E-state index contributed by atoms with van der Waals surface area (Å²) < 4.78 is 6.41. The number of aromatic nitrogens is 2. The summed E-state index contributed by atoms with van der Waals surface area (Å²) in [7, 11) is 1.62. The van der Waals surface area contributed by atoms with Crippen molar-refractivity contribution in [1.82, 2.24) is 15.1 Å². The Morgan fingerprint density at radius 1 is 1.14 bits per heavy atom. The number of rotatable bonds is 7. The van der Waals surface area contributed by atoms with Gasteiger partial charge in [-0.3, -0.25) is 19.5 Å². The number of aromatic amines is 1. The standard InChI is InChI=1S/C22H23N3O4/c1-29-16-10-8-15(9-11-16)20(14-6-7-14)23-19(26)12-13-25-22(28)18-5-3-2-4-17(18)21(27)24-25/h2-5,8-11,14,20H,6-7,12-13H2,1H3,(H,23,26)(H,24,27). The molecule has 1 aromatic heterocycles. The van der Waals surface area contributed by atoms with Crippen LogP contribution in [0.25, 0.3) is 10.8 Å². The van der Waals surface area contributed by atoms with E-state index in [-0.39, 0.29) is 36.0 Å². The smallest absolute Gasteiger partial charge is 0.273 e. The number of amides is 1. The predicted molar refractivity (Wildman–Crippen MR) is 110 cm³/mol. The van der Waals surface area contributed by atoms with Crippen molar-refractivity contribution < 1.29 is 9.53 Å². The number of nitrogens with zero attached hydrogens (tertiary/aromatic N) is 1. The molecular formula is C22H23N3O4. The van der Waals surface area contributed by atoms with E-state index < -0.39 is 0 Å². The summed E-state index contributed by atoms with van der Waals surface area (Å²) in [5, 5.41) is 6.35. The Balaban J connectivity index is 1.46. The molecule has 0 bridgehead atoms. The Labute approximate surface area is 167 Å². The van der Waals surface area contributed by atoms with Gasteiger partial charge in [0.2, 0.25) is 5.91 Å². The molecular weight excluding hydrogens is 370 g/mol. The van der Waals surface area contributed by atoms with E-state index in [1.54, 1.807) is 31.4 Å². The van der Waals surface area contributed by atoms with Gasteiger partial charge in [-0.15, -0.1) is 0 Å². The van der Waals surface area contributed by atoms with Crippen LogP contribution in [0.15, 0.2) is 58.1 Å². The summed E-state index contributed by atoms with van der Waals surface area (Å²) in [5.41, 5.74) is 0.398. The van der Waals surface area contributed by atoms with Crippen molar-refractivity contribution in [2.45, 2.75) is 31.8 Å². The molecule has 1 heterocycles. The molecule has 1 aliphatic rings. The number of fused-ring (bicyclic) bond motifs is 1. The zero-order chi connectivity index (χ0) is 20.4. The highest BCUT2D eigenvalue weighted by Gasteiger charge is 2.33. The van der Waals surface area contributed by atoms with Crippen molar-refractivity contribution in [2.75, 3.05) is 7.11 Å². The molecule has 1 atom stereocenters. The van der Waals surface area contributed by atoms with Crippen molar-refractivity contribution in [3.63, 3.8) is 0 Å². The first-order valence-corrected chi connectivity index (χ1v) is 9.72. The molecule has 7 nitrogen and oxygen atoms in total. The summed E-state index contributed by atoms with van der Waals surface area (Å²) in [4.78, 5) is 37.3. The van der Waals surface area contributed by atoms with E-state index in [9.17, 15) is 14.4 Å². The van der Waals surface area contributed by atoms with Gasteiger partial charge in [0.15, 0.2) is 0 Å². The van der Waals surface area contributed by atoms with Crippen molar-refractivity contribution in [3.05, 3.63) is 74.8 Å². The van der Waals surface area contributed by atoms with E-state index >= 15 is 0 Å². The van der Waals surface area contributed by atoms with Crippen LogP contribution in [0.1, 0.15) is 30.9 Å². The van der Waals surface area contributed by atoms with Crippen molar-refractivity contribution in [1.29, 1.82) is 0 Å². The second kappa shape index (κ2) is 7.95. The lowest BCUT2D eigenvalue weighted by molar-refractivity contribution is -0.122. The topological polar surface area (TPSA) is 93.2 Å². The number of hydrogen-bond donors (Lipinski definition) is 2. The lowest BCUT2D eigenvalue weighted by Gasteiger charge is -2.19. The van der Waals surface area contributed by atoms with Crippen LogP contribution in [0.3, 0.4) is 0 Å². The van der Waals surface area contributed by atoms with Gasteiger partial charge in [-0.2, -0.15) is 0 Å². The molecule has 4 rings (SSSR count). The molecule has 1 fully saturated rings. The molecule has 1 amide bonds. The quantitative estimate of drug-likeness (QED) is 0.644. The second-order valence-corrected chi connectivity index (χ2v) is 7.35. The Kier molecular flexibility index (Phi) is 5.20. The number of carbonyl (C=O) groups excluding carboxylic acids is 1. The van der Waals surface area contributed by atoms with E-state index in [0.717, 1.165) is 24.2 Å². The molecule has 7 heteroatoms. The average Bonchev–Trinajstić information content (AvgIpc) is 3.59. The SMILES string of the molecule is COc1ccc(C(NC(=O)CCn2[nH]c(=O)c3ccccc3c2=O)C2CC2)cc1. The molecule has 150 valence electrons. The van der Waals surface area contributed by atoms with Gasteiger partial charge in [0.05, 0.1) is 30.5 Å². The second-order valence-electron chi connectivity index (χ2n) is 7.35. The summed E-state index contributed by atoms with van der Waals surface area (Å²) >= 11 is 0. The maximum absolute atomic E-state index is 12.6. The van der Waals surface area contributed by atoms with E-state index in [1.165, 1.54) is 4.68 Å². The van der Waals surface area contributed by atoms with Crippen molar-refractivity contribution in [3.8, 4) is 5.75 Å². The third-order valence-corrected chi connectivity index (χ3v) is 5.33. The van der Waals surface area contributed by atoms with Crippen LogP contribution in [0.4, 0.5) is 0 Å². The highest BCUT2D eigenvalue weighted by Crippen LogP contribution is 2.41. The Hall–Kier alpha value is -3.35. The summed E-state index contributed by atoms with van der Waals surface area (Å²) in [6, 6.07) is 14.3. The third kappa shape index (κ3) is 4.08. The van der Waals surface area contributed by atoms with Crippen LogP contribution in [0.2, 0.25) is 0 Å². The Morgan fingerprint density at radius 2 is 1.83 bits per heavy atom. The molecule has 0 spiro atoms. The van der Waals surface area contributed by atoms with Crippen LogP contribution >= 0.6 is 0 Å². The Morgan fingerprint density at radius 3 is 2.48 bits per heavy atom. The van der Waals surface area contributed by atoms with Gasteiger partial charge < -0.3 is 10.1 Å². The van der Waals surface area contributed by atoms with Gasteiger partial charge in [-0.25, -0.2) is 4.68 Å². The number of methoxy groups -OCH3 is 1. The molecule has 0 radical (unpaired) electrons. The van der Waals surface area contributed by atoms with Crippen LogP contribution < -0.4 is 21.2 Å². The summed E-state index contributed by atoms with van der Waals surface area (Å²) in [6.45, 7) is 0.116. The highest BCUT2D eigenvalue weighted by molar-refractivity contribution is 5.80. The first-order chi connectivity index (χ1) is 14.1. The first-order valence-electron chi connectivity index (χ1n) is 9.72. The predicted octanol–water partition coefficient (Wildman–Crippen LogP) is 2.36. The number of ether oxygens (including phenoxy) is 1. The molecule has 1 unspecified atom stereocenters. The lowest BCUT2D eigenvalue weighted by atomic mass is 10.0. The van der Waals surface area contributed by atoms with Gasteiger partial charge in [-0.1, -0.05) is 24.3 Å². The molecule has 2 N–H and O–H groups in total. The highest BCUT2D eigenvalue weighted by atomic mass is 16.5. The molecule has 1 saturated carbocycles. The van der Waals surface area contributed by atoms with Gasteiger partial charge in [0.1, 0.15) is 5.75 Å². The van der Waals surface area contributed by atoms with Gasteiger partial charge in [0, 0.05) is 6.42 Å². The monoisotopic (exact) mass is 393 g/mol. The van der Waals surface area contributed by atoms with E-state index in [4.69, 9.17) is 4.74 Å². The van der Waals surface area contributed by atoms with Crippen LogP contribution in [-0.2, 0) is 11.3 Å². The van der Waals surface area contributed by atoms with Crippen molar-refractivity contribution >= 4 is 16.7 Å². The van der Waals surface area contributed by atoms with Crippen LogP contribution in [0.5, 0.6) is 5.75 Å². The van der Waals surface area contributed by atoms with E-state index in [0.29, 0.717) is 16.7 Å². The minimum absolute atomic E-state index is 0.0548. The fourth-order valence-corrected chi connectivity index (χ4v) is 3.58. The van der Waals surface area contributed by atoms with Crippen molar-refractivity contribution in [2.24, 2.45) is 5.92 Å². The minimum Gasteiger partial charge on any atom is -0.497 e. The molecule has 1 aliphatic carbocycles. The number of aryl methyl sites for hydroxylation is 1. The fourth-order valence-electron chi connectivity index (χ4n) is 3.58. The molecule has 0 saturated heterocycles. The first kappa shape index (κ1) is 19.0. The maximum Gasteiger partial charge on any atom is 0.273 e. The number of hydrogen-bond acceptors (Lipinski definition) is 4. The van der Waals surface area contributed by atoms with Gasteiger partial charge in [-0.05, 0) is 48.6 Å². The zero-order valence-corrected chi connectivity index (χ0v) is 16.2. The molecule has 2 aromatic carbocycles. The minimum atomic E-state index is -0.338. The zero-order valence-electron chi connectivity index (χ0n) is 16.2. The summed E-state index contributed by atoms with van der Waals surface area (Å²) in [5.74, 6) is 1.04. The fraction of sp³-hybridized carbons (Fsp3) is 0.318. The lowest BCUT2D eigenvalue weighted by Crippen LogP contribution is -2.34. The molecule has 3 aromatic rings. The normalized spacial score (nSPS) is 14.5. The molecule has 29 heavy (non-hydrogen) atoms. The average molecular weight is 393 g/mol. The summed E-state index contributed by atoms with van der Waals surface area (Å²) in [6.07, 6.45) is 2.26. The number of carbonyl (C=O) groups is 1. The van der Waals surface area contributed by atoms with Crippen LogP contribution in [0, 0.1) is 5.92 Å². The molecule has 0 aliphatic heterocycles. The largest absolute Gasteiger partial charge is 0.497 e. The Bertz CT molecular complexity index is 1140. The third-order valence-electron chi connectivity index (χ3n) is 5.33. The van der Waals surface area contributed by atoms with Crippen LogP contribution in [-0.4, -0.2) is 22.8 Å². The van der Waals surface area contributed by atoms with Gasteiger partial charge >= 0.3 is 0 Å². The van der Waals surface area contributed by atoms with E-state index in [1.807, 2.05) is 24.3 Å². The van der Waals surface area contributed by atoms with E-state index in [2.05, 4.69) is 10.4 Å². The van der Waals surface area contributed by atoms with Gasteiger partial charge in [0.25, 0.3) is 11.1 Å². The number of benzene rings is 2. The maximum atomic E-state index is 12.6. The number of nitrogens with one attached hydrogen (secondary N) is 2.